The number of nitrogens with one attached hydrogen (secondary N) is 2. The number of nitrogens with zero attached hydrogens (tertiary/aromatic N) is 1. The number of ether oxygens (including phenoxy) is 1. The molecule has 0 spiro atoms. The van der Waals surface area contributed by atoms with E-state index in [0.29, 0.717) is 32.5 Å². The summed E-state index contributed by atoms with van der Waals surface area (Å²) in [5, 5.41) is 5.63. The number of likely N-dealkylation sites (tertiary alicyclic amines) is 1. The van der Waals surface area contributed by atoms with Crippen LogP contribution in [0, 0.1) is 12.8 Å². The lowest BCUT2D eigenvalue weighted by Crippen LogP contribution is -2.46. The molecule has 2 atom stereocenters. The number of carbonyl (C=O) groups is 3. The van der Waals surface area contributed by atoms with E-state index in [9.17, 15) is 14.4 Å². The Morgan fingerprint density at radius 3 is 2.41 bits per heavy atom. The summed E-state index contributed by atoms with van der Waals surface area (Å²) in [7, 11) is 0. The van der Waals surface area contributed by atoms with Crippen LogP contribution in [0.1, 0.15) is 51.7 Å². The molecule has 0 radical (unpaired) electrons. The van der Waals surface area contributed by atoms with E-state index in [2.05, 4.69) is 10.6 Å². The predicted octanol–water partition coefficient (Wildman–Crippen LogP) is 2.76. The maximum Gasteiger partial charge on any atom is 0.407 e. The second-order valence-corrected chi connectivity index (χ2v) is 8.79. The first kappa shape index (κ1) is 22.7. The van der Waals surface area contributed by atoms with Gasteiger partial charge in [0, 0.05) is 26.1 Å². The van der Waals surface area contributed by atoms with Crippen LogP contribution in [0.2, 0.25) is 0 Å². The molecule has 160 valence electrons. The van der Waals surface area contributed by atoms with Crippen LogP contribution < -0.4 is 10.6 Å². The molecule has 3 amide bonds. The molecular formula is C22H33N3O4. The molecule has 1 aromatic carbocycles. The van der Waals surface area contributed by atoms with E-state index in [1.807, 2.05) is 58.9 Å². The molecule has 1 fully saturated rings. The lowest BCUT2D eigenvalue weighted by molar-refractivity contribution is -0.135. The first-order valence-corrected chi connectivity index (χ1v) is 10.1. The van der Waals surface area contributed by atoms with Crippen molar-refractivity contribution in [1.29, 1.82) is 0 Å². The highest BCUT2D eigenvalue weighted by atomic mass is 16.6. The minimum atomic E-state index is -0.544. The lowest BCUT2D eigenvalue weighted by atomic mass is 10.1. The van der Waals surface area contributed by atoms with Crippen LogP contribution >= 0.6 is 0 Å². The van der Waals surface area contributed by atoms with Gasteiger partial charge < -0.3 is 20.3 Å². The van der Waals surface area contributed by atoms with Crippen LogP contribution in [-0.4, -0.2) is 47.5 Å². The Morgan fingerprint density at radius 2 is 1.79 bits per heavy atom. The molecule has 7 nitrogen and oxygen atoms in total. The van der Waals surface area contributed by atoms with Crippen LogP contribution in [0.5, 0.6) is 0 Å². The summed E-state index contributed by atoms with van der Waals surface area (Å²) in [5.74, 6) is -0.105. The number of rotatable bonds is 7. The highest BCUT2D eigenvalue weighted by Gasteiger charge is 2.35. The standard InChI is InChI=1S/C22H33N3O4/c1-15-6-8-17(9-7-15)14-25-18(10-11-19(25)26)20(27)23-12-16(2)13-24-21(28)29-22(3,4)5/h6-9,16,18H,10-14H2,1-5H3,(H,23,27)(H,24,28)/t16-,18-/m1/s1. The molecule has 1 aliphatic heterocycles. The number of benzene rings is 1. The Bertz CT molecular complexity index is 725. The van der Waals surface area contributed by atoms with Crippen molar-refractivity contribution in [3.8, 4) is 0 Å². The maximum absolute atomic E-state index is 12.7. The van der Waals surface area contributed by atoms with Crippen molar-refractivity contribution in [3.63, 3.8) is 0 Å². The third-order valence-electron chi connectivity index (χ3n) is 4.72. The molecule has 0 unspecified atom stereocenters. The molecule has 0 aromatic heterocycles. The average molecular weight is 404 g/mol. The Labute approximate surface area is 173 Å². The van der Waals surface area contributed by atoms with Crippen LogP contribution in [0.25, 0.3) is 0 Å². The van der Waals surface area contributed by atoms with Crippen LogP contribution in [0.15, 0.2) is 24.3 Å². The second kappa shape index (κ2) is 9.76. The minimum Gasteiger partial charge on any atom is -0.444 e. The van der Waals surface area contributed by atoms with Gasteiger partial charge in [-0.05, 0) is 45.6 Å². The van der Waals surface area contributed by atoms with Gasteiger partial charge in [-0.2, -0.15) is 0 Å². The summed E-state index contributed by atoms with van der Waals surface area (Å²) in [6.45, 7) is 10.6. The highest BCUT2D eigenvalue weighted by molar-refractivity contribution is 5.90. The fraction of sp³-hybridized carbons (Fsp3) is 0.591. The van der Waals surface area contributed by atoms with Crippen molar-refractivity contribution >= 4 is 17.9 Å². The highest BCUT2D eigenvalue weighted by Crippen LogP contribution is 2.22. The quantitative estimate of drug-likeness (QED) is 0.733. The minimum absolute atomic E-state index is 0.00497. The molecule has 2 rings (SSSR count). The van der Waals surface area contributed by atoms with E-state index in [4.69, 9.17) is 4.74 Å². The summed E-state index contributed by atoms with van der Waals surface area (Å²) in [6, 6.07) is 7.53. The predicted molar refractivity (Wildman–Crippen MR) is 111 cm³/mol. The zero-order valence-electron chi connectivity index (χ0n) is 18.1. The number of alkyl carbamates (subject to hydrolysis) is 1. The van der Waals surface area contributed by atoms with Gasteiger partial charge in [-0.25, -0.2) is 4.79 Å². The molecule has 1 heterocycles. The monoisotopic (exact) mass is 403 g/mol. The summed E-state index contributed by atoms with van der Waals surface area (Å²) in [6.07, 6.45) is 0.446. The van der Waals surface area contributed by atoms with E-state index in [0.717, 1.165) is 11.1 Å². The number of hydrogen-bond acceptors (Lipinski definition) is 4. The molecule has 0 bridgehead atoms. The van der Waals surface area contributed by atoms with Crippen molar-refractivity contribution in [2.45, 2.75) is 65.6 Å². The fourth-order valence-electron chi connectivity index (χ4n) is 3.13. The zero-order chi connectivity index (χ0) is 21.6. The van der Waals surface area contributed by atoms with Crippen molar-refractivity contribution in [2.75, 3.05) is 13.1 Å². The number of carbonyl (C=O) groups excluding carboxylic acids is 3. The average Bonchev–Trinajstić information content (AvgIpc) is 2.99. The van der Waals surface area contributed by atoms with Crippen molar-refractivity contribution in [2.24, 2.45) is 5.92 Å². The molecule has 0 saturated carbocycles. The second-order valence-electron chi connectivity index (χ2n) is 8.79. The van der Waals surface area contributed by atoms with E-state index in [-0.39, 0.29) is 17.7 Å². The van der Waals surface area contributed by atoms with Gasteiger partial charge in [0.05, 0.1) is 0 Å². The lowest BCUT2D eigenvalue weighted by Gasteiger charge is -2.25. The maximum atomic E-state index is 12.7. The molecule has 0 aliphatic carbocycles. The number of hydrogen-bond donors (Lipinski definition) is 2. The third-order valence-corrected chi connectivity index (χ3v) is 4.72. The molecule has 1 aliphatic rings. The van der Waals surface area contributed by atoms with Gasteiger partial charge in [0.15, 0.2) is 0 Å². The van der Waals surface area contributed by atoms with Gasteiger partial charge in [0.1, 0.15) is 11.6 Å². The number of aryl methyl sites for hydroxylation is 1. The van der Waals surface area contributed by atoms with E-state index < -0.39 is 17.7 Å². The topological polar surface area (TPSA) is 87.7 Å². The van der Waals surface area contributed by atoms with Crippen molar-refractivity contribution in [3.05, 3.63) is 35.4 Å². The SMILES string of the molecule is Cc1ccc(CN2C(=O)CC[C@@H]2C(=O)NC[C@@H](C)CNC(=O)OC(C)(C)C)cc1. The molecule has 1 aromatic rings. The Morgan fingerprint density at radius 1 is 1.17 bits per heavy atom. The van der Waals surface area contributed by atoms with E-state index in [1.54, 1.807) is 4.90 Å². The van der Waals surface area contributed by atoms with Gasteiger partial charge in [-0.3, -0.25) is 9.59 Å². The molecule has 7 heteroatoms. The molecule has 2 N–H and O–H groups in total. The van der Waals surface area contributed by atoms with Gasteiger partial charge in [-0.15, -0.1) is 0 Å². The molecule has 29 heavy (non-hydrogen) atoms. The summed E-state index contributed by atoms with van der Waals surface area (Å²) < 4.78 is 5.20. The van der Waals surface area contributed by atoms with Gasteiger partial charge in [0.2, 0.25) is 11.8 Å². The normalized spacial score (nSPS) is 17.8. The van der Waals surface area contributed by atoms with Gasteiger partial charge in [0.25, 0.3) is 0 Å². The van der Waals surface area contributed by atoms with Crippen LogP contribution in [0.4, 0.5) is 4.79 Å². The third kappa shape index (κ3) is 7.40. The van der Waals surface area contributed by atoms with Crippen molar-refractivity contribution < 1.29 is 19.1 Å². The summed E-state index contributed by atoms with van der Waals surface area (Å²) in [5.41, 5.74) is 1.63. The van der Waals surface area contributed by atoms with Gasteiger partial charge in [-0.1, -0.05) is 36.8 Å². The summed E-state index contributed by atoms with van der Waals surface area (Å²) >= 11 is 0. The smallest absolute Gasteiger partial charge is 0.407 e. The summed E-state index contributed by atoms with van der Waals surface area (Å²) in [4.78, 5) is 38.3. The molecular weight excluding hydrogens is 370 g/mol. The zero-order valence-corrected chi connectivity index (χ0v) is 18.1. The number of amides is 3. The Balaban J connectivity index is 1.81. The van der Waals surface area contributed by atoms with E-state index in [1.165, 1.54) is 0 Å². The molecule has 1 saturated heterocycles. The van der Waals surface area contributed by atoms with E-state index >= 15 is 0 Å². The van der Waals surface area contributed by atoms with Crippen molar-refractivity contribution in [1.82, 2.24) is 15.5 Å². The van der Waals surface area contributed by atoms with Gasteiger partial charge >= 0.3 is 6.09 Å². The largest absolute Gasteiger partial charge is 0.444 e. The Hall–Kier alpha value is -2.57. The Kier molecular flexibility index (Phi) is 7.65. The first-order chi connectivity index (χ1) is 13.5. The first-order valence-electron chi connectivity index (χ1n) is 10.1. The fourth-order valence-corrected chi connectivity index (χ4v) is 3.13. The van der Waals surface area contributed by atoms with Crippen LogP contribution in [0.3, 0.4) is 0 Å². The van der Waals surface area contributed by atoms with Crippen LogP contribution in [-0.2, 0) is 20.9 Å².